The SMILES string of the molecule is N#Cc1ccc(N2CCC(c3ccccc3)CC2)c(F)c1. The van der Waals surface area contributed by atoms with Gasteiger partial charge in [-0.2, -0.15) is 5.26 Å². The van der Waals surface area contributed by atoms with Crippen LogP contribution in [-0.4, -0.2) is 13.1 Å². The largest absolute Gasteiger partial charge is 0.369 e. The van der Waals surface area contributed by atoms with E-state index in [0.717, 1.165) is 25.9 Å². The fourth-order valence-corrected chi connectivity index (χ4v) is 3.01. The summed E-state index contributed by atoms with van der Waals surface area (Å²) in [6.45, 7) is 1.70. The van der Waals surface area contributed by atoms with Crippen molar-refractivity contribution in [1.82, 2.24) is 0 Å². The van der Waals surface area contributed by atoms with Gasteiger partial charge >= 0.3 is 0 Å². The van der Waals surface area contributed by atoms with E-state index < -0.39 is 0 Å². The van der Waals surface area contributed by atoms with E-state index >= 15 is 0 Å². The average Bonchev–Trinajstić information content (AvgIpc) is 2.56. The zero-order chi connectivity index (χ0) is 14.7. The predicted octanol–water partition coefficient (Wildman–Crippen LogP) is 4.08. The number of anilines is 1. The van der Waals surface area contributed by atoms with Crippen LogP contribution in [0.4, 0.5) is 10.1 Å². The molecule has 3 rings (SSSR count). The molecular formula is C18H17FN2. The second-order valence-electron chi connectivity index (χ2n) is 5.45. The van der Waals surface area contributed by atoms with Crippen molar-refractivity contribution < 1.29 is 4.39 Å². The molecule has 0 aromatic heterocycles. The van der Waals surface area contributed by atoms with Crippen LogP contribution >= 0.6 is 0 Å². The Morgan fingerprint density at radius 1 is 1.05 bits per heavy atom. The first-order valence-corrected chi connectivity index (χ1v) is 7.27. The maximum atomic E-state index is 14.0. The number of halogens is 1. The van der Waals surface area contributed by atoms with Crippen LogP contribution < -0.4 is 4.90 Å². The monoisotopic (exact) mass is 280 g/mol. The second-order valence-corrected chi connectivity index (χ2v) is 5.45. The molecule has 3 heteroatoms. The lowest BCUT2D eigenvalue weighted by atomic mass is 9.89. The molecule has 0 atom stereocenters. The standard InChI is InChI=1S/C18H17FN2/c19-17-12-14(13-20)6-7-18(17)21-10-8-16(9-11-21)15-4-2-1-3-5-15/h1-7,12,16H,8-11H2. The summed E-state index contributed by atoms with van der Waals surface area (Å²) in [6, 6.07) is 17.2. The van der Waals surface area contributed by atoms with Crippen LogP contribution in [0.25, 0.3) is 0 Å². The molecule has 1 saturated heterocycles. The van der Waals surface area contributed by atoms with Gasteiger partial charge in [-0.15, -0.1) is 0 Å². The molecule has 0 amide bonds. The van der Waals surface area contributed by atoms with E-state index in [1.807, 2.05) is 12.1 Å². The van der Waals surface area contributed by atoms with E-state index in [9.17, 15) is 4.39 Å². The van der Waals surface area contributed by atoms with Crippen LogP contribution in [0.2, 0.25) is 0 Å². The van der Waals surface area contributed by atoms with Crippen molar-refractivity contribution in [3.63, 3.8) is 0 Å². The maximum absolute atomic E-state index is 14.0. The summed E-state index contributed by atoms with van der Waals surface area (Å²) in [4.78, 5) is 2.08. The smallest absolute Gasteiger partial charge is 0.147 e. The van der Waals surface area contributed by atoms with E-state index in [4.69, 9.17) is 5.26 Å². The van der Waals surface area contributed by atoms with Crippen molar-refractivity contribution in [3.05, 3.63) is 65.5 Å². The molecule has 0 saturated carbocycles. The Labute approximate surface area is 124 Å². The summed E-state index contributed by atoms with van der Waals surface area (Å²) in [5, 5.41) is 8.79. The summed E-state index contributed by atoms with van der Waals surface area (Å²) >= 11 is 0. The third-order valence-corrected chi connectivity index (χ3v) is 4.18. The van der Waals surface area contributed by atoms with Gasteiger partial charge in [0.2, 0.25) is 0 Å². The fourth-order valence-electron chi connectivity index (χ4n) is 3.01. The van der Waals surface area contributed by atoms with Gasteiger partial charge in [-0.25, -0.2) is 4.39 Å². The molecule has 0 N–H and O–H groups in total. The normalized spacial score (nSPS) is 15.7. The van der Waals surface area contributed by atoms with Crippen LogP contribution in [0, 0.1) is 17.1 Å². The number of nitriles is 1. The molecule has 0 aliphatic carbocycles. The molecule has 1 heterocycles. The lowest BCUT2D eigenvalue weighted by Crippen LogP contribution is -2.33. The molecule has 2 aromatic rings. The number of nitrogens with zero attached hydrogens (tertiary/aromatic N) is 2. The quantitative estimate of drug-likeness (QED) is 0.828. The maximum Gasteiger partial charge on any atom is 0.147 e. The highest BCUT2D eigenvalue weighted by molar-refractivity contribution is 5.51. The number of hydrogen-bond donors (Lipinski definition) is 0. The van der Waals surface area contributed by atoms with Gasteiger partial charge in [0, 0.05) is 13.1 Å². The summed E-state index contributed by atoms with van der Waals surface area (Å²) in [5.41, 5.74) is 2.35. The van der Waals surface area contributed by atoms with Crippen LogP contribution in [-0.2, 0) is 0 Å². The van der Waals surface area contributed by atoms with E-state index in [0.29, 0.717) is 17.2 Å². The molecule has 106 valence electrons. The number of hydrogen-bond acceptors (Lipinski definition) is 2. The van der Waals surface area contributed by atoms with E-state index in [2.05, 4.69) is 29.2 Å². The van der Waals surface area contributed by atoms with Crippen LogP contribution in [0.5, 0.6) is 0 Å². The Bertz CT molecular complexity index is 653. The Morgan fingerprint density at radius 3 is 2.38 bits per heavy atom. The summed E-state index contributed by atoms with van der Waals surface area (Å²) in [5.74, 6) is 0.260. The third-order valence-electron chi connectivity index (χ3n) is 4.18. The van der Waals surface area contributed by atoms with Gasteiger partial charge in [-0.05, 0) is 42.5 Å². The third kappa shape index (κ3) is 2.90. The first-order valence-electron chi connectivity index (χ1n) is 7.27. The molecule has 2 aromatic carbocycles. The van der Waals surface area contributed by atoms with Gasteiger partial charge in [0.25, 0.3) is 0 Å². The molecule has 1 aliphatic heterocycles. The Kier molecular flexibility index (Phi) is 3.87. The van der Waals surface area contributed by atoms with Crippen LogP contribution in [0.1, 0.15) is 29.9 Å². The zero-order valence-corrected chi connectivity index (χ0v) is 11.8. The van der Waals surface area contributed by atoms with Crippen molar-refractivity contribution >= 4 is 5.69 Å². The Hall–Kier alpha value is -2.34. The van der Waals surface area contributed by atoms with Crippen molar-refractivity contribution in [2.45, 2.75) is 18.8 Å². The minimum atomic E-state index is -0.299. The molecule has 0 spiro atoms. The lowest BCUT2D eigenvalue weighted by molar-refractivity contribution is 0.497. The minimum absolute atomic E-state index is 0.299. The van der Waals surface area contributed by atoms with Crippen molar-refractivity contribution in [1.29, 1.82) is 5.26 Å². The van der Waals surface area contributed by atoms with Crippen molar-refractivity contribution in [2.24, 2.45) is 0 Å². The molecule has 0 bridgehead atoms. The molecule has 0 radical (unpaired) electrons. The van der Waals surface area contributed by atoms with Crippen LogP contribution in [0.15, 0.2) is 48.5 Å². The average molecular weight is 280 g/mol. The number of benzene rings is 2. The highest BCUT2D eigenvalue weighted by atomic mass is 19.1. The van der Waals surface area contributed by atoms with Gasteiger partial charge in [-0.3, -0.25) is 0 Å². The highest BCUT2D eigenvalue weighted by Crippen LogP contribution is 2.31. The Morgan fingerprint density at radius 2 is 1.76 bits per heavy atom. The van der Waals surface area contributed by atoms with Gasteiger partial charge in [0.05, 0.1) is 17.3 Å². The van der Waals surface area contributed by atoms with Gasteiger partial charge in [0.1, 0.15) is 5.82 Å². The minimum Gasteiger partial charge on any atom is -0.369 e. The molecule has 1 fully saturated rings. The molecule has 2 nitrogen and oxygen atoms in total. The first kappa shape index (κ1) is 13.6. The Balaban J connectivity index is 1.70. The van der Waals surface area contributed by atoms with E-state index in [1.54, 1.807) is 12.1 Å². The van der Waals surface area contributed by atoms with Crippen LogP contribution in [0.3, 0.4) is 0 Å². The van der Waals surface area contributed by atoms with Gasteiger partial charge < -0.3 is 4.90 Å². The predicted molar refractivity (Wildman–Crippen MR) is 81.7 cm³/mol. The summed E-state index contributed by atoms with van der Waals surface area (Å²) in [6.07, 6.45) is 2.06. The van der Waals surface area contributed by atoms with E-state index in [1.165, 1.54) is 11.6 Å². The lowest BCUT2D eigenvalue weighted by Gasteiger charge is -2.34. The summed E-state index contributed by atoms with van der Waals surface area (Å²) < 4.78 is 14.0. The molecule has 1 aliphatic rings. The first-order chi connectivity index (χ1) is 10.3. The topological polar surface area (TPSA) is 27.0 Å². The van der Waals surface area contributed by atoms with Gasteiger partial charge in [0.15, 0.2) is 0 Å². The molecule has 21 heavy (non-hydrogen) atoms. The molecule has 0 unspecified atom stereocenters. The van der Waals surface area contributed by atoms with E-state index in [-0.39, 0.29) is 5.82 Å². The highest BCUT2D eigenvalue weighted by Gasteiger charge is 2.22. The second kappa shape index (κ2) is 5.97. The van der Waals surface area contributed by atoms with Crippen molar-refractivity contribution in [3.8, 4) is 6.07 Å². The fraction of sp³-hybridized carbons (Fsp3) is 0.278. The van der Waals surface area contributed by atoms with Crippen molar-refractivity contribution in [2.75, 3.05) is 18.0 Å². The molecular weight excluding hydrogens is 263 g/mol. The summed E-state index contributed by atoms with van der Waals surface area (Å²) in [7, 11) is 0. The van der Waals surface area contributed by atoms with Gasteiger partial charge in [-0.1, -0.05) is 30.3 Å². The number of rotatable bonds is 2. The zero-order valence-electron chi connectivity index (χ0n) is 11.8. The number of piperidine rings is 1.